The minimum Gasteiger partial charge on any atom is -0.355 e. The lowest BCUT2D eigenvalue weighted by Crippen LogP contribution is -2.35. The maximum absolute atomic E-state index is 8.80. The van der Waals surface area contributed by atoms with Crippen LogP contribution in [0.5, 0.6) is 0 Å². The average Bonchev–Trinajstić information content (AvgIpc) is 3.23. The Morgan fingerprint density at radius 1 is 1.36 bits per heavy atom. The summed E-state index contributed by atoms with van der Waals surface area (Å²) in [6.07, 6.45) is 7.65. The van der Waals surface area contributed by atoms with Crippen LogP contribution in [0.1, 0.15) is 24.3 Å². The molecule has 8 nitrogen and oxygen atoms in total. The highest BCUT2D eigenvalue weighted by molar-refractivity contribution is 5.94. The van der Waals surface area contributed by atoms with E-state index < -0.39 is 0 Å². The van der Waals surface area contributed by atoms with Gasteiger partial charge in [0.05, 0.1) is 5.39 Å². The first-order valence-corrected chi connectivity index (χ1v) is 9.30. The summed E-state index contributed by atoms with van der Waals surface area (Å²) in [7, 11) is 1.64. The van der Waals surface area contributed by atoms with Gasteiger partial charge >= 0.3 is 0 Å². The summed E-state index contributed by atoms with van der Waals surface area (Å²) in [4.78, 5) is 18.4. The van der Waals surface area contributed by atoms with Gasteiger partial charge in [-0.1, -0.05) is 12.1 Å². The van der Waals surface area contributed by atoms with Crippen molar-refractivity contribution in [2.45, 2.75) is 18.8 Å². The number of H-pyrrole nitrogens is 1. The highest BCUT2D eigenvalue weighted by Crippen LogP contribution is 2.32. The molecule has 1 saturated heterocycles. The summed E-state index contributed by atoms with van der Waals surface area (Å²) >= 11 is 0. The van der Waals surface area contributed by atoms with Crippen LogP contribution in [-0.2, 0) is 0 Å². The molecule has 8 heteroatoms. The highest BCUT2D eigenvalue weighted by atomic mass is 15.2. The van der Waals surface area contributed by atoms with Gasteiger partial charge in [-0.05, 0) is 36.6 Å². The maximum atomic E-state index is 8.80. The second-order valence-corrected chi connectivity index (χ2v) is 6.78. The molecule has 1 fully saturated rings. The van der Waals surface area contributed by atoms with Crippen LogP contribution in [-0.4, -0.2) is 41.0 Å². The lowest BCUT2D eigenvalue weighted by atomic mass is 9.90. The van der Waals surface area contributed by atoms with Crippen molar-refractivity contribution in [1.82, 2.24) is 20.3 Å². The van der Waals surface area contributed by atoms with Gasteiger partial charge < -0.3 is 15.2 Å². The first-order valence-electron chi connectivity index (χ1n) is 9.30. The molecule has 3 aromatic rings. The van der Waals surface area contributed by atoms with E-state index in [-0.39, 0.29) is 0 Å². The van der Waals surface area contributed by atoms with E-state index in [9.17, 15) is 0 Å². The number of nitrogens with one attached hydrogen (secondary N) is 3. The zero-order valence-corrected chi connectivity index (χ0v) is 15.7. The molecule has 0 bridgehead atoms. The Morgan fingerprint density at radius 3 is 3.14 bits per heavy atom. The number of anilines is 2. The quantitative estimate of drug-likeness (QED) is 0.282. The summed E-state index contributed by atoms with van der Waals surface area (Å²) < 4.78 is 0. The summed E-state index contributed by atoms with van der Waals surface area (Å²) in [5.74, 6) is 1.83. The Kier molecular flexibility index (Phi) is 5.06. The van der Waals surface area contributed by atoms with Crippen molar-refractivity contribution >= 4 is 28.5 Å². The lowest BCUT2D eigenvalue weighted by molar-refractivity contribution is 0.508. The third-order valence-electron chi connectivity index (χ3n) is 5.07. The molecule has 0 amide bonds. The number of benzene rings is 1. The van der Waals surface area contributed by atoms with Crippen molar-refractivity contribution in [2.24, 2.45) is 4.99 Å². The molecule has 0 saturated carbocycles. The Hall–Kier alpha value is -3.60. The Bertz CT molecular complexity index is 1030. The van der Waals surface area contributed by atoms with Crippen molar-refractivity contribution < 1.29 is 0 Å². The maximum Gasteiger partial charge on any atom is 0.208 e. The standard InChI is InChI=1S/C20H22N8/c1-22-20(24-12-21)27-16-6-2-4-14(10-16)15-5-3-9-28(11-15)19-17-7-8-23-18(17)25-13-26-19/h2,4,6-8,10,13,15H,3,5,9,11H2,1H3,(H2,22,24,27)(H,23,25,26). The van der Waals surface area contributed by atoms with Crippen LogP contribution in [0.15, 0.2) is 47.8 Å². The van der Waals surface area contributed by atoms with E-state index in [0.717, 1.165) is 48.5 Å². The molecular formula is C20H22N8. The first kappa shape index (κ1) is 17.8. The van der Waals surface area contributed by atoms with Crippen LogP contribution in [0.4, 0.5) is 11.5 Å². The fourth-order valence-corrected chi connectivity index (χ4v) is 3.76. The first-order chi connectivity index (χ1) is 13.8. The molecule has 1 aromatic carbocycles. The van der Waals surface area contributed by atoms with Crippen molar-refractivity contribution in [1.29, 1.82) is 5.26 Å². The summed E-state index contributed by atoms with van der Waals surface area (Å²) in [5.41, 5.74) is 3.05. The number of rotatable bonds is 3. The summed E-state index contributed by atoms with van der Waals surface area (Å²) in [5, 5.41) is 15.6. The average molecular weight is 374 g/mol. The van der Waals surface area contributed by atoms with Gasteiger partial charge in [-0.25, -0.2) is 9.97 Å². The number of aliphatic imine (C=N–C) groups is 1. The molecule has 1 unspecified atom stereocenters. The van der Waals surface area contributed by atoms with E-state index in [2.05, 4.69) is 47.6 Å². The molecule has 28 heavy (non-hydrogen) atoms. The molecule has 4 rings (SSSR count). The van der Waals surface area contributed by atoms with Crippen molar-refractivity contribution in [3.05, 3.63) is 48.4 Å². The molecular weight excluding hydrogens is 352 g/mol. The van der Waals surface area contributed by atoms with Gasteiger partial charge in [0.1, 0.15) is 17.8 Å². The number of hydrogen-bond acceptors (Lipinski definition) is 5. The fraction of sp³-hybridized carbons (Fsp3) is 0.300. The number of piperidine rings is 1. The van der Waals surface area contributed by atoms with E-state index >= 15 is 0 Å². The summed E-state index contributed by atoms with van der Waals surface area (Å²) in [6.45, 7) is 1.90. The Balaban J connectivity index is 1.54. The van der Waals surface area contributed by atoms with Crippen LogP contribution < -0.4 is 15.5 Å². The topological polar surface area (TPSA) is 105 Å². The van der Waals surface area contributed by atoms with Gasteiger partial charge in [-0.3, -0.25) is 10.3 Å². The van der Waals surface area contributed by atoms with E-state index in [4.69, 9.17) is 5.26 Å². The number of guanidine groups is 1. The van der Waals surface area contributed by atoms with Gasteiger partial charge in [0, 0.05) is 37.9 Å². The van der Waals surface area contributed by atoms with E-state index in [1.54, 1.807) is 13.4 Å². The van der Waals surface area contributed by atoms with Gasteiger partial charge in [0.2, 0.25) is 5.96 Å². The fourth-order valence-electron chi connectivity index (χ4n) is 3.76. The van der Waals surface area contributed by atoms with E-state index in [1.165, 1.54) is 5.56 Å². The molecule has 0 spiro atoms. The molecule has 1 atom stereocenters. The zero-order chi connectivity index (χ0) is 19.3. The number of aromatic amines is 1. The molecule has 1 aliphatic heterocycles. The lowest BCUT2D eigenvalue weighted by Gasteiger charge is -2.34. The zero-order valence-electron chi connectivity index (χ0n) is 15.7. The second-order valence-electron chi connectivity index (χ2n) is 6.78. The molecule has 3 heterocycles. The number of aromatic nitrogens is 3. The minimum absolute atomic E-state index is 0.408. The minimum atomic E-state index is 0.408. The molecule has 0 aliphatic carbocycles. The largest absolute Gasteiger partial charge is 0.355 e. The number of nitrogens with zero attached hydrogens (tertiary/aromatic N) is 5. The van der Waals surface area contributed by atoms with Gasteiger partial charge in [0.25, 0.3) is 0 Å². The molecule has 1 aliphatic rings. The number of nitriles is 1. The van der Waals surface area contributed by atoms with Crippen molar-refractivity contribution in [2.75, 3.05) is 30.4 Å². The normalized spacial score (nSPS) is 17.4. The van der Waals surface area contributed by atoms with Crippen LogP contribution >= 0.6 is 0 Å². The van der Waals surface area contributed by atoms with Gasteiger partial charge in [0.15, 0.2) is 6.19 Å². The third kappa shape index (κ3) is 3.60. The number of hydrogen-bond donors (Lipinski definition) is 3. The predicted octanol–water partition coefficient (Wildman–Crippen LogP) is 2.81. The van der Waals surface area contributed by atoms with Crippen molar-refractivity contribution in [3.8, 4) is 6.19 Å². The van der Waals surface area contributed by atoms with Crippen molar-refractivity contribution in [3.63, 3.8) is 0 Å². The smallest absolute Gasteiger partial charge is 0.208 e. The predicted molar refractivity (Wildman–Crippen MR) is 110 cm³/mol. The summed E-state index contributed by atoms with van der Waals surface area (Å²) in [6, 6.07) is 10.3. The monoisotopic (exact) mass is 374 g/mol. The van der Waals surface area contributed by atoms with Crippen LogP contribution in [0.2, 0.25) is 0 Å². The van der Waals surface area contributed by atoms with E-state index in [0.29, 0.717) is 11.9 Å². The third-order valence-corrected chi connectivity index (χ3v) is 5.07. The van der Waals surface area contributed by atoms with Gasteiger partial charge in [-0.2, -0.15) is 5.26 Å². The SMILES string of the molecule is CN=C(NC#N)Nc1cccc(C2CCCN(c3ncnc4[nH]ccc34)C2)c1. The second kappa shape index (κ2) is 7.96. The van der Waals surface area contributed by atoms with E-state index in [1.807, 2.05) is 30.6 Å². The van der Waals surface area contributed by atoms with Gasteiger partial charge in [-0.15, -0.1) is 0 Å². The van der Waals surface area contributed by atoms with Crippen LogP contribution in [0.25, 0.3) is 11.0 Å². The molecule has 2 aromatic heterocycles. The highest BCUT2D eigenvalue weighted by Gasteiger charge is 2.24. The molecule has 142 valence electrons. The number of fused-ring (bicyclic) bond motifs is 1. The Morgan fingerprint density at radius 2 is 2.29 bits per heavy atom. The Labute approximate surface area is 163 Å². The van der Waals surface area contributed by atoms with Crippen LogP contribution in [0.3, 0.4) is 0 Å². The van der Waals surface area contributed by atoms with Crippen LogP contribution in [0, 0.1) is 11.5 Å². The molecule has 3 N–H and O–H groups in total. The molecule has 0 radical (unpaired) electrons.